The molecule has 1 aliphatic heterocycles. The molecular formula is C15H17N3O. The summed E-state index contributed by atoms with van der Waals surface area (Å²) in [6, 6.07) is 8.06. The summed E-state index contributed by atoms with van der Waals surface area (Å²) < 4.78 is 0. The maximum Gasteiger partial charge on any atom is 0.133 e. The second kappa shape index (κ2) is 4.96. The molecule has 1 saturated heterocycles. The van der Waals surface area contributed by atoms with Crippen molar-refractivity contribution in [3.05, 3.63) is 30.5 Å². The average molecular weight is 255 g/mol. The average Bonchev–Trinajstić information content (AvgIpc) is 2.47. The third kappa shape index (κ3) is 2.30. The van der Waals surface area contributed by atoms with Crippen molar-refractivity contribution in [1.82, 2.24) is 10.2 Å². The lowest BCUT2D eigenvalue weighted by Crippen LogP contribution is -2.36. The molecule has 19 heavy (non-hydrogen) atoms. The highest BCUT2D eigenvalue weighted by Gasteiger charge is 2.23. The summed E-state index contributed by atoms with van der Waals surface area (Å²) in [5.41, 5.74) is 2.06. The van der Waals surface area contributed by atoms with Crippen molar-refractivity contribution in [2.75, 3.05) is 18.0 Å². The van der Waals surface area contributed by atoms with Crippen molar-refractivity contribution in [2.45, 2.75) is 19.8 Å². The van der Waals surface area contributed by atoms with Crippen LogP contribution >= 0.6 is 0 Å². The molecule has 3 rings (SSSR count). The van der Waals surface area contributed by atoms with Crippen LogP contribution in [-0.2, 0) is 4.79 Å². The van der Waals surface area contributed by atoms with Gasteiger partial charge in [0.15, 0.2) is 0 Å². The van der Waals surface area contributed by atoms with Crippen LogP contribution < -0.4 is 4.90 Å². The molecule has 0 radical (unpaired) electrons. The molecule has 1 aliphatic rings. The van der Waals surface area contributed by atoms with E-state index < -0.39 is 0 Å². The van der Waals surface area contributed by atoms with Crippen LogP contribution in [0.1, 0.15) is 19.8 Å². The van der Waals surface area contributed by atoms with Crippen molar-refractivity contribution in [3.8, 4) is 0 Å². The molecule has 1 aromatic carbocycles. The third-order valence-electron chi connectivity index (χ3n) is 3.94. The first kappa shape index (κ1) is 12.1. The first-order valence-corrected chi connectivity index (χ1v) is 6.71. The molecule has 2 heterocycles. The zero-order chi connectivity index (χ0) is 13.2. The second-order valence-corrected chi connectivity index (χ2v) is 5.12. The highest BCUT2D eigenvalue weighted by molar-refractivity contribution is 5.90. The summed E-state index contributed by atoms with van der Waals surface area (Å²) in [5, 5.41) is 9.37. The Kier molecular flexibility index (Phi) is 3.15. The quantitative estimate of drug-likeness (QED) is 0.827. The van der Waals surface area contributed by atoms with Gasteiger partial charge < -0.3 is 4.90 Å². The van der Waals surface area contributed by atoms with Crippen LogP contribution in [0.15, 0.2) is 30.5 Å². The first-order valence-electron chi connectivity index (χ1n) is 6.71. The van der Waals surface area contributed by atoms with Gasteiger partial charge in [-0.15, -0.1) is 0 Å². The maximum atomic E-state index is 11.4. The van der Waals surface area contributed by atoms with E-state index in [0.29, 0.717) is 5.78 Å². The minimum absolute atomic E-state index is 0.234. The number of piperidine rings is 1. The van der Waals surface area contributed by atoms with Crippen LogP contribution in [0.3, 0.4) is 0 Å². The lowest BCUT2D eigenvalue weighted by atomic mass is 9.93. The Bertz CT molecular complexity index is 598. The number of hydrogen-bond acceptors (Lipinski definition) is 4. The normalized spacial score (nSPS) is 16.8. The molecule has 1 fully saturated rings. The number of benzene rings is 1. The van der Waals surface area contributed by atoms with E-state index in [1.807, 2.05) is 24.4 Å². The highest BCUT2D eigenvalue weighted by atomic mass is 16.1. The lowest BCUT2D eigenvalue weighted by molar-refractivity contribution is -0.121. The summed E-state index contributed by atoms with van der Waals surface area (Å²) in [4.78, 5) is 13.7. The fourth-order valence-corrected chi connectivity index (χ4v) is 2.77. The first-order chi connectivity index (χ1) is 9.25. The molecule has 0 N–H and O–H groups in total. The fourth-order valence-electron chi connectivity index (χ4n) is 2.77. The van der Waals surface area contributed by atoms with Crippen LogP contribution in [0.5, 0.6) is 0 Å². The predicted octanol–water partition coefficient (Wildman–Crippen LogP) is 2.44. The van der Waals surface area contributed by atoms with Gasteiger partial charge in [0, 0.05) is 24.4 Å². The Morgan fingerprint density at radius 3 is 2.74 bits per heavy atom. The zero-order valence-electron chi connectivity index (χ0n) is 11.0. The van der Waals surface area contributed by atoms with Gasteiger partial charge >= 0.3 is 0 Å². The molecule has 0 bridgehead atoms. The van der Waals surface area contributed by atoms with Gasteiger partial charge in [0.1, 0.15) is 5.78 Å². The van der Waals surface area contributed by atoms with Crippen molar-refractivity contribution >= 4 is 22.4 Å². The Balaban J connectivity index is 1.88. The Morgan fingerprint density at radius 2 is 2.00 bits per heavy atom. The number of rotatable bonds is 2. The predicted molar refractivity (Wildman–Crippen MR) is 75.2 cm³/mol. The van der Waals surface area contributed by atoms with Gasteiger partial charge in [-0.05, 0) is 25.8 Å². The Morgan fingerprint density at radius 1 is 1.26 bits per heavy atom. The molecule has 2 aromatic rings. The molecule has 98 valence electrons. The number of fused-ring (bicyclic) bond motifs is 1. The topological polar surface area (TPSA) is 46.1 Å². The summed E-state index contributed by atoms with van der Waals surface area (Å²) in [5.74, 6) is 0.551. The van der Waals surface area contributed by atoms with E-state index >= 15 is 0 Å². The lowest BCUT2D eigenvalue weighted by Gasteiger charge is -2.32. The molecule has 1 aromatic heterocycles. The minimum atomic E-state index is 0.234. The van der Waals surface area contributed by atoms with E-state index in [4.69, 9.17) is 0 Å². The zero-order valence-corrected chi connectivity index (χ0v) is 11.0. The third-order valence-corrected chi connectivity index (χ3v) is 3.94. The molecule has 0 atom stereocenters. The number of Topliss-reactive ketones (excluding diaryl/α,β-unsaturated/α-hetero) is 1. The van der Waals surface area contributed by atoms with E-state index in [2.05, 4.69) is 21.2 Å². The molecule has 0 unspecified atom stereocenters. The van der Waals surface area contributed by atoms with Gasteiger partial charge in [0.25, 0.3) is 0 Å². The number of ketones is 1. The standard InChI is InChI=1S/C15H17N3O/c1-11(19)12-6-8-18(9-7-12)15-10-16-17-14-5-3-2-4-13(14)15/h2-5,10,12H,6-9H2,1H3. The van der Waals surface area contributed by atoms with Crippen LogP contribution in [0.4, 0.5) is 5.69 Å². The molecule has 4 nitrogen and oxygen atoms in total. The van der Waals surface area contributed by atoms with Gasteiger partial charge in [0.05, 0.1) is 17.4 Å². The van der Waals surface area contributed by atoms with Gasteiger partial charge in [0.2, 0.25) is 0 Å². The summed E-state index contributed by atoms with van der Waals surface area (Å²) in [7, 11) is 0. The van der Waals surface area contributed by atoms with Crippen LogP contribution in [0, 0.1) is 5.92 Å². The molecule has 0 amide bonds. The van der Waals surface area contributed by atoms with Gasteiger partial charge in [-0.2, -0.15) is 10.2 Å². The minimum Gasteiger partial charge on any atom is -0.370 e. The Hall–Kier alpha value is -1.97. The van der Waals surface area contributed by atoms with Crippen LogP contribution in [-0.4, -0.2) is 29.1 Å². The summed E-state index contributed by atoms with van der Waals surface area (Å²) in [6.45, 7) is 3.53. The van der Waals surface area contributed by atoms with Crippen LogP contribution in [0.2, 0.25) is 0 Å². The molecule has 4 heteroatoms. The number of hydrogen-bond donors (Lipinski definition) is 0. The molecule has 0 spiro atoms. The monoisotopic (exact) mass is 255 g/mol. The number of aromatic nitrogens is 2. The van der Waals surface area contributed by atoms with E-state index in [0.717, 1.165) is 42.5 Å². The largest absolute Gasteiger partial charge is 0.370 e. The number of carbonyl (C=O) groups is 1. The van der Waals surface area contributed by atoms with Crippen LogP contribution in [0.25, 0.3) is 10.9 Å². The number of carbonyl (C=O) groups excluding carboxylic acids is 1. The van der Waals surface area contributed by atoms with E-state index in [-0.39, 0.29) is 5.92 Å². The van der Waals surface area contributed by atoms with E-state index in [9.17, 15) is 4.79 Å². The van der Waals surface area contributed by atoms with E-state index in [1.165, 1.54) is 0 Å². The molecule has 0 saturated carbocycles. The number of nitrogens with zero attached hydrogens (tertiary/aromatic N) is 3. The summed E-state index contributed by atoms with van der Waals surface area (Å²) in [6.07, 6.45) is 3.70. The van der Waals surface area contributed by atoms with Gasteiger partial charge in [-0.1, -0.05) is 18.2 Å². The second-order valence-electron chi connectivity index (χ2n) is 5.12. The van der Waals surface area contributed by atoms with Gasteiger partial charge in [-0.25, -0.2) is 0 Å². The van der Waals surface area contributed by atoms with Gasteiger partial charge in [-0.3, -0.25) is 4.79 Å². The van der Waals surface area contributed by atoms with Crippen molar-refractivity contribution in [2.24, 2.45) is 5.92 Å². The SMILES string of the molecule is CC(=O)C1CCN(c2cnnc3ccccc23)CC1. The number of anilines is 1. The molecule has 0 aliphatic carbocycles. The van der Waals surface area contributed by atoms with Crippen molar-refractivity contribution in [3.63, 3.8) is 0 Å². The van der Waals surface area contributed by atoms with Crippen molar-refractivity contribution < 1.29 is 4.79 Å². The molecular weight excluding hydrogens is 238 g/mol. The Labute approximate surface area is 112 Å². The maximum absolute atomic E-state index is 11.4. The van der Waals surface area contributed by atoms with Crippen molar-refractivity contribution in [1.29, 1.82) is 0 Å². The summed E-state index contributed by atoms with van der Waals surface area (Å²) >= 11 is 0. The highest BCUT2D eigenvalue weighted by Crippen LogP contribution is 2.28. The fraction of sp³-hybridized carbons (Fsp3) is 0.400. The smallest absolute Gasteiger partial charge is 0.133 e. The van der Waals surface area contributed by atoms with E-state index in [1.54, 1.807) is 6.92 Å².